The molecule has 0 aliphatic rings. The number of hydrogen-bond acceptors (Lipinski definition) is 4. The largest absolute Gasteiger partial charge is 0.481 e. The van der Waals surface area contributed by atoms with Crippen LogP contribution in [0.4, 0.5) is 0 Å². The van der Waals surface area contributed by atoms with Crippen molar-refractivity contribution in [2.45, 2.75) is 44.5 Å². The topological polar surface area (TPSA) is 64.4 Å². The molecular formula is C12H20N2O3S. The van der Waals surface area contributed by atoms with Gasteiger partial charge in [0, 0.05) is 19.0 Å². The molecule has 0 amide bonds. The van der Waals surface area contributed by atoms with Crippen LogP contribution in [0.3, 0.4) is 0 Å². The molecule has 5 nitrogen and oxygen atoms in total. The first kappa shape index (κ1) is 15.0. The Balaban J connectivity index is 2.91. The van der Waals surface area contributed by atoms with Gasteiger partial charge in [0.2, 0.25) is 0 Å². The fourth-order valence-electron chi connectivity index (χ4n) is 1.59. The number of imidazole rings is 1. The quantitative estimate of drug-likeness (QED) is 0.771. The van der Waals surface area contributed by atoms with Crippen molar-refractivity contribution in [1.82, 2.24) is 9.55 Å². The van der Waals surface area contributed by atoms with E-state index in [1.165, 1.54) is 11.8 Å². The molecule has 0 radical (unpaired) electrons. The Labute approximate surface area is 112 Å². The molecule has 0 fully saturated rings. The Kier molecular flexibility index (Phi) is 5.68. The maximum absolute atomic E-state index is 10.6. The zero-order valence-corrected chi connectivity index (χ0v) is 12.0. The number of carbonyl (C=O) groups is 1. The van der Waals surface area contributed by atoms with Crippen LogP contribution in [0.25, 0.3) is 0 Å². The Bertz CT molecular complexity index is 404. The minimum Gasteiger partial charge on any atom is -0.481 e. The van der Waals surface area contributed by atoms with Gasteiger partial charge in [0.15, 0.2) is 5.16 Å². The monoisotopic (exact) mass is 272 g/mol. The van der Waals surface area contributed by atoms with E-state index < -0.39 is 5.97 Å². The van der Waals surface area contributed by atoms with Crippen molar-refractivity contribution in [1.29, 1.82) is 0 Å². The van der Waals surface area contributed by atoms with E-state index in [0.717, 1.165) is 10.9 Å². The number of hydrogen-bond donors (Lipinski definition) is 1. The number of carboxylic acid groups (broad SMARTS) is 1. The second-order valence-electron chi connectivity index (χ2n) is 4.46. The molecule has 1 rings (SSSR count). The van der Waals surface area contributed by atoms with E-state index in [1.54, 1.807) is 7.11 Å². The van der Waals surface area contributed by atoms with E-state index in [9.17, 15) is 4.79 Å². The second kappa shape index (κ2) is 6.80. The summed E-state index contributed by atoms with van der Waals surface area (Å²) in [5, 5.41) is 9.47. The Morgan fingerprint density at radius 3 is 2.72 bits per heavy atom. The molecule has 18 heavy (non-hydrogen) atoms. The smallest absolute Gasteiger partial charge is 0.313 e. The van der Waals surface area contributed by atoms with Gasteiger partial charge in [-0.2, -0.15) is 0 Å². The predicted molar refractivity (Wildman–Crippen MR) is 71.1 cm³/mol. The highest BCUT2D eigenvalue weighted by molar-refractivity contribution is 7.99. The zero-order chi connectivity index (χ0) is 13.7. The standard InChI is InChI=1S/C12H20N2O3S/c1-8(2)10-5-13-12(18-7-11(15)16)14(10)6-9(3)17-4/h5,8-9H,6-7H2,1-4H3,(H,15,16). The first-order chi connectivity index (χ1) is 8.45. The molecule has 1 atom stereocenters. The minimum absolute atomic E-state index is 0.0237. The van der Waals surface area contributed by atoms with Crippen molar-refractivity contribution < 1.29 is 14.6 Å². The highest BCUT2D eigenvalue weighted by Gasteiger charge is 2.16. The molecule has 0 aliphatic heterocycles. The third-order valence-corrected chi connectivity index (χ3v) is 3.58. The van der Waals surface area contributed by atoms with Gasteiger partial charge in [-0.1, -0.05) is 25.6 Å². The van der Waals surface area contributed by atoms with E-state index >= 15 is 0 Å². The molecule has 1 aromatic heterocycles. The maximum Gasteiger partial charge on any atom is 0.313 e. The summed E-state index contributed by atoms with van der Waals surface area (Å²) in [6, 6.07) is 0. The first-order valence-corrected chi connectivity index (χ1v) is 6.87. The van der Waals surface area contributed by atoms with Crippen LogP contribution in [0, 0.1) is 0 Å². The molecule has 1 aromatic rings. The third-order valence-electron chi connectivity index (χ3n) is 2.61. The van der Waals surface area contributed by atoms with Gasteiger partial charge in [0.05, 0.1) is 18.4 Å². The Morgan fingerprint density at radius 1 is 1.56 bits per heavy atom. The van der Waals surface area contributed by atoms with Crippen molar-refractivity contribution in [2.24, 2.45) is 0 Å². The number of rotatable bonds is 7. The van der Waals surface area contributed by atoms with E-state index in [1.807, 2.05) is 17.7 Å². The average molecular weight is 272 g/mol. The molecule has 0 aliphatic carbocycles. The molecule has 1 unspecified atom stereocenters. The summed E-state index contributed by atoms with van der Waals surface area (Å²) >= 11 is 1.24. The van der Waals surface area contributed by atoms with Gasteiger partial charge in [-0.3, -0.25) is 4.79 Å². The van der Waals surface area contributed by atoms with E-state index in [4.69, 9.17) is 9.84 Å². The molecule has 0 aromatic carbocycles. The van der Waals surface area contributed by atoms with Crippen LogP contribution in [0.15, 0.2) is 11.4 Å². The number of nitrogens with zero attached hydrogens (tertiary/aromatic N) is 2. The van der Waals surface area contributed by atoms with E-state index in [0.29, 0.717) is 12.5 Å². The number of methoxy groups -OCH3 is 1. The van der Waals surface area contributed by atoms with Crippen molar-refractivity contribution in [3.63, 3.8) is 0 Å². The van der Waals surface area contributed by atoms with Crippen LogP contribution in [-0.2, 0) is 16.1 Å². The summed E-state index contributed by atoms with van der Waals surface area (Å²) in [7, 11) is 1.67. The summed E-state index contributed by atoms with van der Waals surface area (Å²) < 4.78 is 7.31. The van der Waals surface area contributed by atoms with E-state index in [2.05, 4.69) is 18.8 Å². The summed E-state index contributed by atoms with van der Waals surface area (Å²) in [4.78, 5) is 14.9. The summed E-state index contributed by atoms with van der Waals surface area (Å²) in [5.74, 6) is -0.461. The predicted octanol–water partition coefficient (Wildman–Crippen LogP) is 2.22. The molecular weight excluding hydrogens is 252 g/mol. The molecule has 0 saturated carbocycles. The van der Waals surface area contributed by atoms with Crippen molar-refractivity contribution >= 4 is 17.7 Å². The molecule has 6 heteroatoms. The summed E-state index contributed by atoms with van der Waals surface area (Å²) in [6.45, 7) is 6.86. The van der Waals surface area contributed by atoms with Gasteiger partial charge in [0.25, 0.3) is 0 Å². The highest BCUT2D eigenvalue weighted by Crippen LogP contribution is 2.24. The molecule has 1 heterocycles. The molecule has 0 spiro atoms. The van der Waals surface area contributed by atoms with Crippen molar-refractivity contribution in [2.75, 3.05) is 12.9 Å². The normalized spacial score (nSPS) is 12.9. The lowest BCUT2D eigenvalue weighted by atomic mass is 10.1. The lowest BCUT2D eigenvalue weighted by Gasteiger charge is -2.17. The number of aliphatic carboxylic acids is 1. The minimum atomic E-state index is -0.833. The Hall–Kier alpha value is -1.01. The van der Waals surface area contributed by atoms with Gasteiger partial charge in [-0.25, -0.2) is 4.98 Å². The summed E-state index contributed by atoms with van der Waals surface area (Å²) in [5.41, 5.74) is 1.10. The van der Waals surface area contributed by atoms with Crippen LogP contribution in [0.2, 0.25) is 0 Å². The lowest BCUT2D eigenvalue weighted by molar-refractivity contribution is -0.133. The fourth-order valence-corrected chi connectivity index (χ4v) is 2.30. The Morgan fingerprint density at radius 2 is 2.22 bits per heavy atom. The maximum atomic E-state index is 10.6. The summed E-state index contributed by atoms with van der Waals surface area (Å²) in [6.07, 6.45) is 1.89. The van der Waals surface area contributed by atoms with Gasteiger partial charge < -0.3 is 14.4 Å². The number of aromatic nitrogens is 2. The molecule has 1 N–H and O–H groups in total. The molecule has 102 valence electrons. The SMILES string of the molecule is COC(C)Cn1c(C(C)C)cnc1SCC(=O)O. The van der Waals surface area contributed by atoms with Gasteiger partial charge in [0.1, 0.15) is 0 Å². The lowest BCUT2D eigenvalue weighted by Crippen LogP contribution is -2.18. The van der Waals surface area contributed by atoms with Crippen molar-refractivity contribution in [3.8, 4) is 0 Å². The number of thioether (sulfide) groups is 1. The van der Waals surface area contributed by atoms with Crippen molar-refractivity contribution in [3.05, 3.63) is 11.9 Å². The molecule has 0 saturated heterocycles. The van der Waals surface area contributed by atoms with Crippen LogP contribution in [0.1, 0.15) is 32.4 Å². The van der Waals surface area contributed by atoms with Crippen LogP contribution in [-0.4, -0.2) is 39.6 Å². The number of carboxylic acids is 1. The second-order valence-corrected chi connectivity index (χ2v) is 5.40. The van der Waals surface area contributed by atoms with Gasteiger partial charge in [-0.05, 0) is 12.8 Å². The van der Waals surface area contributed by atoms with Crippen LogP contribution >= 0.6 is 11.8 Å². The average Bonchev–Trinajstić information content (AvgIpc) is 2.69. The van der Waals surface area contributed by atoms with Gasteiger partial charge in [-0.15, -0.1) is 0 Å². The zero-order valence-electron chi connectivity index (χ0n) is 11.2. The van der Waals surface area contributed by atoms with Gasteiger partial charge >= 0.3 is 5.97 Å². The fraction of sp³-hybridized carbons (Fsp3) is 0.667. The van der Waals surface area contributed by atoms with Crippen LogP contribution in [0.5, 0.6) is 0 Å². The van der Waals surface area contributed by atoms with Crippen LogP contribution < -0.4 is 0 Å². The van der Waals surface area contributed by atoms with E-state index in [-0.39, 0.29) is 11.9 Å². The highest BCUT2D eigenvalue weighted by atomic mass is 32.2. The molecule has 0 bridgehead atoms. The number of ether oxygens (including phenoxy) is 1. The third kappa shape index (κ3) is 4.03. The first-order valence-electron chi connectivity index (χ1n) is 5.88.